The Morgan fingerprint density at radius 3 is 0.956 bits per heavy atom. The summed E-state index contributed by atoms with van der Waals surface area (Å²) >= 11 is 0. The minimum absolute atomic E-state index is 0.142. The average molecular weight is 1970 g/mol. The fourth-order valence-corrected chi connectivity index (χ4v) is 18.7. The Kier molecular flexibility index (Phi) is 53.0. The minimum Gasteiger partial charge on any atom is -0.394 e. The zero-order valence-electron chi connectivity index (χ0n) is 79.6. The number of allylic oxidation sites excluding steroid dienone is 1. The molecule has 8 saturated heterocycles. The molecule has 8 heterocycles. The van der Waals surface area contributed by atoms with Gasteiger partial charge in [0.2, 0.25) is 17.7 Å². The molecule has 794 valence electrons. The van der Waals surface area contributed by atoms with Crippen LogP contribution >= 0.6 is 0 Å². The summed E-state index contributed by atoms with van der Waals surface area (Å²) in [5.74, 6) is -2.30. The summed E-state index contributed by atoms with van der Waals surface area (Å²) in [6, 6.07) is -5.08. The summed E-state index contributed by atoms with van der Waals surface area (Å²) in [6.07, 6.45) is -38.3. The molecule has 8 rings (SSSR count). The molecule has 0 spiro atoms. The van der Waals surface area contributed by atoms with E-state index in [9.17, 15) is 127 Å². The highest BCUT2D eigenvalue weighted by molar-refractivity contribution is 5.76. The molecule has 16 unspecified atom stereocenters. The minimum atomic E-state index is -2.46. The zero-order chi connectivity index (χ0) is 99.4. The summed E-state index contributed by atoms with van der Waals surface area (Å²) in [5.41, 5.74) is 0. The lowest BCUT2D eigenvalue weighted by atomic mass is 9.93. The van der Waals surface area contributed by atoms with Crippen LogP contribution in [0.4, 0.5) is 0 Å². The lowest BCUT2D eigenvalue weighted by Crippen LogP contribution is -2.72. The van der Waals surface area contributed by atoms with Crippen molar-refractivity contribution in [2.45, 2.75) is 505 Å². The molecule has 0 aromatic rings. The van der Waals surface area contributed by atoms with Crippen molar-refractivity contribution >= 4 is 17.7 Å². The predicted octanol–water partition coefficient (Wildman–Crippen LogP) is -3.16. The molecule has 8 aliphatic rings. The van der Waals surface area contributed by atoms with Crippen molar-refractivity contribution in [3.05, 3.63) is 12.2 Å². The number of ether oxygens (including phenoxy) is 16. The van der Waals surface area contributed by atoms with Crippen LogP contribution in [0, 0.1) is 0 Å². The van der Waals surface area contributed by atoms with Gasteiger partial charge in [-0.25, -0.2) is 0 Å². The van der Waals surface area contributed by atoms with Crippen molar-refractivity contribution in [3.8, 4) is 0 Å². The lowest BCUT2D eigenvalue weighted by Gasteiger charge is -2.52. The van der Waals surface area contributed by atoms with Crippen LogP contribution in [0.25, 0.3) is 0 Å². The molecular formula is C92H165N3O41. The number of rotatable bonds is 60. The molecule has 0 saturated carbocycles. The van der Waals surface area contributed by atoms with Crippen LogP contribution < -0.4 is 16.0 Å². The molecule has 0 bridgehead atoms. The summed E-state index contributed by atoms with van der Waals surface area (Å²) in [7, 11) is 0. The van der Waals surface area contributed by atoms with Crippen molar-refractivity contribution in [2.24, 2.45) is 0 Å². The topological polar surface area (TPSA) is 680 Å². The van der Waals surface area contributed by atoms with Crippen LogP contribution in [-0.2, 0) is 90.2 Å². The number of aliphatic hydroxyl groups excluding tert-OH is 22. The lowest BCUT2D eigenvalue weighted by molar-refractivity contribution is -0.400. The molecule has 0 aliphatic carbocycles. The van der Waals surface area contributed by atoms with Crippen molar-refractivity contribution in [1.82, 2.24) is 16.0 Å². The molecule has 0 radical (unpaired) electrons. The molecule has 25 N–H and O–H groups in total. The van der Waals surface area contributed by atoms with Crippen LogP contribution in [0.2, 0.25) is 0 Å². The van der Waals surface area contributed by atoms with Gasteiger partial charge in [-0.2, -0.15) is 0 Å². The first kappa shape index (κ1) is 118. The van der Waals surface area contributed by atoms with Crippen LogP contribution in [-0.4, -0.2) is 434 Å². The number of nitrogens with one attached hydrogen (secondary N) is 3. The van der Waals surface area contributed by atoms with Gasteiger partial charge in [0.05, 0.1) is 70.6 Å². The summed E-state index contributed by atoms with van der Waals surface area (Å²) in [6.45, 7) is 1.80. The van der Waals surface area contributed by atoms with Gasteiger partial charge in [0.15, 0.2) is 50.3 Å². The Bertz CT molecular complexity index is 3300. The highest BCUT2D eigenvalue weighted by atomic mass is 16.8. The first-order valence-corrected chi connectivity index (χ1v) is 49.7. The van der Waals surface area contributed by atoms with Gasteiger partial charge in [-0.05, 0) is 33.1 Å². The highest BCUT2D eigenvalue weighted by Gasteiger charge is 2.62. The van der Waals surface area contributed by atoms with Crippen molar-refractivity contribution in [1.29, 1.82) is 0 Å². The monoisotopic (exact) mass is 1970 g/mol. The molecule has 3 amide bonds. The molecule has 0 aromatic heterocycles. The van der Waals surface area contributed by atoms with Crippen molar-refractivity contribution in [3.63, 3.8) is 0 Å². The van der Waals surface area contributed by atoms with E-state index in [1.54, 1.807) is 6.08 Å². The Morgan fingerprint density at radius 2 is 0.588 bits per heavy atom. The second-order valence-electron chi connectivity index (χ2n) is 37.7. The van der Waals surface area contributed by atoms with E-state index >= 15 is 0 Å². The molecule has 136 heavy (non-hydrogen) atoms. The van der Waals surface area contributed by atoms with Gasteiger partial charge >= 0.3 is 0 Å². The molecule has 42 atom stereocenters. The van der Waals surface area contributed by atoms with E-state index in [0.717, 1.165) is 71.6 Å². The predicted molar refractivity (Wildman–Crippen MR) is 475 cm³/mol. The number of hydrogen-bond acceptors (Lipinski definition) is 41. The summed E-state index contributed by atoms with van der Waals surface area (Å²) in [5, 5.41) is 257. The second kappa shape index (κ2) is 61.2. The second-order valence-corrected chi connectivity index (χ2v) is 37.7. The Balaban J connectivity index is 0.982. The van der Waals surface area contributed by atoms with E-state index in [1.165, 1.54) is 142 Å². The Hall–Kier alpha value is -3.37. The zero-order valence-corrected chi connectivity index (χ0v) is 79.6. The van der Waals surface area contributed by atoms with E-state index in [2.05, 4.69) is 29.8 Å². The fourth-order valence-electron chi connectivity index (χ4n) is 18.7. The normalized spacial score (nSPS) is 39.6. The summed E-state index contributed by atoms with van der Waals surface area (Å²) in [4.78, 5) is 40.8. The third-order valence-electron chi connectivity index (χ3n) is 26.9. The third-order valence-corrected chi connectivity index (χ3v) is 26.9. The van der Waals surface area contributed by atoms with E-state index in [0.29, 0.717) is 12.8 Å². The standard InChI is InChI=1S/C92H165N3O41/c1-7-9-11-13-15-17-19-21-22-23-24-25-26-28-30-32-34-36-38-40-60(105)95-52(53(104)39-37-35-33-31-29-27-20-18-16-14-12-10-8-2)47-121-87-75(118)71(114)78(57(44-99)129-87)130-91-76(119)83(66(109)55(42-97)125-91)135-85-61(93-50(5)102)81(133-89-73(116)69(112)64(107)49(4)123-89)80(59(46-101)128-85)132-92-77(120)84(67(110)56(43-98)126-92)136-86-62(94-51(6)103)82(134-90-74(117)70(113)65(108)54(41-96)124-90)79(58(45-100)127-86)131-88-72(115)68(111)63(106)48(3)122-88/h37,39,48-49,52-59,61-92,96-101,104,106-120H,7-36,38,40-47H2,1-6H3,(H,93,102)(H,94,103)(H,95,105)/b39-37+/t48?,49?,52-,53+,54?,55?,56?,57?,58?,59?,61?,62?,63+,64+,65-,66-,67-,68?,69?,70-,71+,72-,73-,74?,75?,76?,77?,78+,79+,80+,81+,82+,83-,84-,85-,86-,87+,88+,89+,90-,91-,92-/m0/s1. The number of aliphatic hydroxyl groups is 22. The largest absolute Gasteiger partial charge is 0.394 e. The first-order chi connectivity index (χ1) is 65.2. The molecule has 8 fully saturated rings. The van der Waals surface area contributed by atoms with Gasteiger partial charge in [0, 0.05) is 20.3 Å². The SMILES string of the molecule is CCCCCCCCCCCCC/C=C/[C@@H](O)[C@H](CO[C@@H]1OC(CO)[C@@H](O[C@@H]2OC(CO)[C@H](O)[C@H](O[C@@H]3OC(CO)[C@@H](O[C@@H]4OC(CO)[C@H](O)[C@H](O[C@@H]5OC(CO)[C@@H](O[C@H]6OC(C)[C@@H](O)C(O)[C@@H]6O)[C@H](O[C@@H]6OC(CO)[C@H](O)[C@H](O)C6O)C5NC(C)=O)C4O)[C@H](O[C@H]4OC(C)[C@@H](O)C(O)[C@@H]4O)C3NC(C)=O)C2O)[C@H](O)C1O)NC(=O)CCCCCCCCCCCCCCCCCCCCC. The van der Waals surface area contributed by atoms with E-state index in [-0.39, 0.29) is 12.3 Å². The van der Waals surface area contributed by atoms with Crippen LogP contribution in [0.5, 0.6) is 0 Å². The number of carbonyl (C=O) groups excluding carboxylic acids is 3. The maximum Gasteiger partial charge on any atom is 0.220 e. The maximum atomic E-state index is 13.7. The number of amides is 3. The molecule has 44 nitrogen and oxygen atoms in total. The number of carbonyl (C=O) groups is 3. The third kappa shape index (κ3) is 34.1. The van der Waals surface area contributed by atoms with Crippen molar-refractivity contribution in [2.75, 3.05) is 46.2 Å². The van der Waals surface area contributed by atoms with Gasteiger partial charge in [0.25, 0.3) is 0 Å². The van der Waals surface area contributed by atoms with Crippen molar-refractivity contribution < 1.29 is 203 Å². The van der Waals surface area contributed by atoms with E-state index in [4.69, 9.17) is 75.8 Å². The Morgan fingerprint density at radius 1 is 0.301 bits per heavy atom. The van der Waals surface area contributed by atoms with Gasteiger partial charge in [-0.1, -0.05) is 206 Å². The van der Waals surface area contributed by atoms with Crippen LogP contribution in [0.15, 0.2) is 12.2 Å². The summed E-state index contributed by atoms with van der Waals surface area (Å²) < 4.78 is 97.8. The molecular weight excluding hydrogens is 1800 g/mol. The highest BCUT2D eigenvalue weighted by Crippen LogP contribution is 2.41. The fraction of sp³-hybridized carbons (Fsp3) is 0.946. The molecule has 0 aromatic carbocycles. The Labute approximate surface area is 796 Å². The van der Waals surface area contributed by atoms with Crippen LogP contribution in [0.3, 0.4) is 0 Å². The number of unbranched alkanes of at least 4 members (excludes halogenated alkanes) is 29. The first-order valence-electron chi connectivity index (χ1n) is 49.7. The van der Waals surface area contributed by atoms with Gasteiger partial charge < -0.3 is 204 Å². The van der Waals surface area contributed by atoms with E-state index < -0.39 is 316 Å². The maximum absolute atomic E-state index is 13.7. The van der Waals surface area contributed by atoms with E-state index in [1.807, 2.05) is 6.08 Å². The van der Waals surface area contributed by atoms with Crippen LogP contribution in [0.1, 0.15) is 247 Å². The molecule has 8 aliphatic heterocycles. The van der Waals surface area contributed by atoms with Gasteiger partial charge in [-0.3, -0.25) is 14.4 Å². The van der Waals surface area contributed by atoms with Gasteiger partial charge in [0.1, 0.15) is 183 Å². The quantitative estimate of drug-likeness (QED) is 0.0211. The number of hydrogen-bond donors (Lipinski definition) is 25. The van der Waals surface area contributed by atoms with Gasteiger partial charge in [-0.15, -0.1) is 0 Å². The molecule has 44 heteroatoms. The smallest absolute Gasteiger partial charge is 0.220 e. The average Bonchev–Trinajstić information content (AvgIpc) is 0.757.